The first-order valence-electron chi connectivity index (χ1n) is 5.28. The van der Waals surface area contributed by atoms with Gasteiger partial charge in [-0.25, -0.2) is 0 Å². The quantitative estimate of drug-likeness (QED) is 0.739. The Balaban J connectivity index is 2.67. The van der Waals surface area contributed by atoms with Gasteiger partial charge in [-0.3, -0.25) is 4.79 Å². The lowest BCUT2D eigenvalue weighted by Gasteiger charge is -2.12. The van der Waals surface area contributed by atoms with E-state index in [1.54, 1.807) is 0 Å². The summed E-state index contributed by atoms with van der Waals surface area (Å²) in [5.74, 6) is -0.0810. The van der Waals surface area contributed by atoms with Crippen molar-refractivity contribution in [3.8, 4) is 0 Å². The van der Waals surface area contributed by atoms with Gasteiger partial charge in [0.2, 0.25) is 5.91 Å². The molecule has 0 aliphatic carbocycles. The van der Waals surface area contributed by atoms with E-state index in [1.165, 1.54) is 0 Å². The summed E-state index contributed by atoms with van der Waals surface area (Å²) >= 11 is 0. The van der Waals surface area contributed by atoms with Crippen LogP contribution in [-0.4, -0.2) is 12.5 Å². The third-order valence-electron chi connectivity index (χ3n) is 2.35. The SMILES string of the molecule is CCCNC(=O)C(C)c1cccc(N)c1. The van der Waals surface area contributed by atoms with E-state index in [4.69, 9.17) is 5.73 Å². The maximum Gasteiger partial charge on any atom is 0.227 e. The van der Waals surface area contributed by atoms with Gasteiger partial charge in [0.25, 0.3) is 0 Å². The van der Waals surface area contributed by atoms with Gasteiger partial charge >= 0.3 is 0 Å². The van der Waals surface area contributed by atoms with Gasteiger partial charge in [0.1, 0.15) is 0 Å². The number of anilines is 1. The summed E-state index contributed by atoms with van der Waals surface area (Å²) in [5, 5.41) is 2.87. The largest absolute Gasteiger partial charge is 0.399 e. The minimum atomic E-state index is -0.139. The Kier molecular flexibility index (Phi) is 4.16. The summed E-state index contributed by atoms with van der Waals surface area (Å²) in [7, 11) is 0. The van der Waals surface area contributed by atoms with Crippen molar-refractivity contribution in [2.24, 2.45) is 0 Å². The normalized spacial score (nSPS) is 12.1. The molecule has 0 radical (unpaired) electrons. The lowest BCUT2D eigenvalue weighted by molar-refractivity contribution is -0.122. The fourth-order valence-corrected chi connectivity index (χ4v) is 1.38. The van der Waals surface area contributed by atoms with Gasteiger partial charge in [0.05, 0.1) is 5.92 Å². The van der Waals surface area contributed by atoms with Crippen LogP contribution >= 0.6 is 0 Å². The van der Waals surface area contributed by atoms with Gasteiger partial charge in [-0.05, 0) is 31.0 Å². The Labute approximate surface area is 90.7 Å². The Morgan fingerprint density at radius 3 is 2.87 bits per heavy atom. The van der Waals surface area contributed by atoms with E-state index in [1.807, 2.05) is 38.1 Å². The van der Waals surface area contributed by atoms with E-state index in [-0.39, 0.29) is 11.8 Å². The second-order valence-corrected chi connectivity index (χ2v) is 3.68. The lowest BCUT2D eigenvalue weighted by Crippen LogP contribution is -2.28. The molecule has 82 valence electrons. The van der Waals surface area contributed by atoms with Crippen LogP contribution in [0.4, 0.5) is 5.69 Å². The summed E-state index contributed by atoms with van der Waals surface area (Å²) in [6, 6.07) is 7.46. The Morgan fingerprint density at radius 2 is 2.27 bits per heavy atom. The van der Waals surface area contributed by atoms with E-state index in [0.29, 0.717) is 5.69 Å². The zero-order valence-electron chi connectivity index (χ0n) is 9.29. The summed E-state index contributed by atoms with van der Waals surface area (Å²) < 4.78 is 0. The molecule has 1 aromatic rings. The number of carbonyl (C=O) groups excluding carboxylic acids is 1. The maximum absolute atomic E-state index is 11.7. The fourth-order valence-electron chi connectivity index (χ4n) is 1.38. The third-order valence-corrected chi connectivity index (χ3v) is 2.35. The molecule has 1 rings (SSSR count). The number of rotatable bonds is 4. The van der Waals surface area contributed by atoms with E-state index in [9.17, 15) is 4.79 Å². The molecule has 0 saturated heterocycles. The third kappa shape index (κ3) is 3.27. The minimum absolute atomic E-state index is 0.0578. The smallest absolute Gasteiger partial charge is 0.227 e. The molecule has 1 aromatic carbocycles. The van der Waals surface area contributed by atoms with Gasteiger partial charge in [0.15, 0.2) is 0 Å². The standard InChI is InChI=1S/C12H18N2O/c1-3-7-14-12(15)9(2)10-5-4-6-11(13)8-10/h4-6,8-9H,3,7,13H2,1-2H3,(H,14,15). The molecule has 0 aliphatic heterocycles. The van der Waals surface area contributed by atoms with Crippen LogP contribution in [0, 0.1) is 0 Å². The topological polar surface area (TPSA) is 55.1 Å². The van der Waals surface area contributed by atoms with Gasteiger partial charge < -0.3 is 11.1 Å². The number of nitrogens with one attached hydrogen (secondary N) is 1. The molecule has 0 bridgehead atoms. The van der Waals surface area contributed by atoms with Gasteiger partial charge in [-0.15, -0.1) is 0 Å². The highest BCUT2D eigenvalue weighted by Gasteiger charge is 2.14. The second kappa shape index (κ2) is 5.39. The van der Waals surface area contributed by atoms with Crippen LogP contribution in [0.1, 0.15) is 31.7 Å². The lowest BCUT2D eigenvalue weighted by atomic mass is 10.00. The van der Waals surface area contributed by atoms with Crippen molar-refractivity contribution in [3.63, 3.8) is 0 Å². The second-order valence-electron chi connectivity index (χ2n) is 3.68. The van der Waals surface area contributed by atoms with E-state index in [0.717, 1.165) is 18.5 Å². The average Bonchev–Trinajstić information content (AvgIpc) is 2.24. The van der Waals surface area contributed by atoms with Crippen LogP contribution in [0.2, 0.25) is 0 Å². The molecule has 3 heteroatoms. The summed E-state index contributed by atoms with van der Waals surface area (Å²) in [6.45, 7) is 4.65. The first-order chi connectivity index (χ1) is 7.15. The first-order valence-corrected chi connectivity index (χ1v) is 5.28. The van der Waals surface area contributed by atoms with Gasteiger partial charge in [0, 0.05) is 12.2 Å². The number of hydrogen-bond acceptors (Lipinski definition) is 2. The van der Waals surface area contributed by atoms with Crippen LogP contribution in [0.5, 0.6) is 0 Å². The number of nitrogens with two attached hydrogens (primary N) is 1. The van der Waals surface area contributed by atoms with Crippen molar-refractivity contribution >= 4 is 11.6 Å². The zero-order chi connectivity index (χ0) is 11.3. The van der Waals surface area contributed by atoms with Crippen LogP contribution < -0.4 is 11.1 Å². The van der Waals surface area contributed by atoms with Crippen LogP contribution in [0.25, 0.3) is 0 Å². The van der Waals surface area contributed by atoms with Crippen molar-refractivity contribution in [1.29, 1.82) is 0 Å². The molecular weight excluding hydrogens is 188 g/mol. The molecule has 3 nitrogen and oxygen atoms in total. The predicted octanol–water partition coefficient (Wildman–Crippen LogP) is 1.90. The van der Waals surface area contributed by atoms with Gasteiger partial charge in [-0.1, -0.05) is 19.1 Å². The number of carbonyl (C=O) groups is 1. The summed E-state index contributed by atoms with van der Waals surface area (Å²) in [5.41, 5.74) is 7.32. The van der Waals surface area contributed by atoms with E-state index in [2.05, 4.69) is 5.32 Å². The molecule has 15 heavy (non-hydrogen) atoms. The van der Waals surface area contributed by atoms with Crippen molar-refractivity contribution in [2.75, 3.05) is 12.3 Å². The van der Waals surface area contributed by atoms with Crippen LogP contribution in [0.3, 0.4) is 0 Å². The Hall–Kier alpha value is -1.51. The highest BCUT2D eigenvalue weighted by Crippen LogP contribution is 2.17. The molecule has 0 heterocycles. The molecule has 1 amide bonds. The summed E-state index contributed by atoms with van der Waals surface area (Å²) in [6.07, 6.45) is 0.954. The molecule has 0 saturated carbocycles. The molecule has 3 N–H and O–H groups in total. The molecular formula is C12H18N2O. The highest BCUT2D eigenvalue weighted by molar-refractivity contribution is 5.83. The first kappa shape index (κ1) is 11.6. The van der Waals surface area contributed by atoms with Crippen LogP contribution in [0.15, 0.2) is 24.3 Å². The van der Waals surface area contributed by atoms with Crippen LogP contribution in [-0.2, 0) is 4.79 Å². The Bertz CT molecular complexity index is 336. The zero-order valence-corrected chi connectivity index (χ0v) is 9.29. The summed E-state index contributed by atoms with van der Waals surface area (Å²) in [4.78, 5) is 11.7. The maximum atomic E-state index is 11.7. The molecule has 0 spiro atoms. The minimum Gasteiger partial charge on any atom is -0.399 e. The molecule has 0 aromatic heterocycles. The number of benzene rings is 1. The van der Waals surface area contributed by atoms with E-state index >= 15 is 0 Å². The molecule has 0 fully saturated rings. The molecule has 1 unspecified atom stereocenters. The van der Waals surface area contributed by atoms with Crippen molar-refractivity contribution < 1.29 is 4.79 Å². The predicted molar refractivity (Wildman–Crippen MR) is 62.6 cm³/mol. The molecule has 0 aliphatic rings. The number of amides is 1. The van der Waals surface area contributed by atoms with E-state index < -0.39 is 0 Å². The highest BCUT2D eigenvalue weighted by atomic mass is 16.1. The Morgan fingerprint density at radius 1 is 1.53 bits per heavy atom. The van der Waals surface area contributed by atoms with Crippen molar-refractivity contribution in [2.45, 2.75) is 26.2 Å². The fraction of sp³-hybridized carbons (Fsp3) is 0.417. The number of hydrogen-bond donors (Lipinski definition) is 2. The average molecular weight is 206 g/mol. The molecule has 1 atom stereocenters. The van der Waals surface area contributed by atoms with Crippen molar-refractivity contribution in [3.05, 3.63) is 29.8 Å². The van der Waals surface area contributed by atoms with Crippen molar-refractivity contribution in [1.82, 2.24) is 5.32 Å². The van der Waals surface area contributed by atoms with Gasteiger partial charge in [-0.2, -0.15) is 0 Å². The number of nitrogen functional groups attached to an aromatic ring is 1. The monoisotopic (exact) mass is 206 g/mol.